The molecule has 32 heavy (non-hydrogen) atoms. The van der Waals surface area contributed by atoms with E-state index in [1.807, 2.05) is 65.3 Å². The van der Waals surface area contributed by atoms with E-state index in [1.54, 1.807) is 29.7 Å². The van der Waals surface area contributed by atoms with Crippen LogP contribution in [0.1, 0.15) is 21.5 Å². The van der Waals surface area contributed by atoms with Crippen LogP contribution in [0.4, 0.5) is 0 Å². The number of amides is 1. The Bertz CT molecular complexity index is 1230. The van der Waals surface area contributed by atoms with Crippen molar-refractivity contribution >= 4 is 11.9 Å². The van der Waals surface area contributed by atoms with Crippen LogP contribution >= 0.6 is 0 Å². The van der Waals surface area contributed by atoms with Crippen molar-refractivity contribution in [3.8, 4) is 22.5 Å². The standard InChI is InChI=1S/C25H21N3O4/c29-22(27-32)15-21-23(18-7-3-1-4-8-18)26-28(24(21)19-9-5-2-6-10-19)16-17-11-13-20(14-12-17)25(30)31/h1-14,32H,15-16H2,(H,27,29)(H,30,31). The number of carboxylic acids is 1. The maximum atomic E-state index is 12.2. The molecule has 0 fully saturated rings. The van der Waals surface area contributed by atoms with Gasteiger partial charge in [-0.3, -0.25) is 14.7 Å². The summed E-state index contributed by atoms with van der Waals surface area (Å²) in [6.45, 7) is 0.380. The van der Waals surface area contributed by atoms with Gasteiger partial charge in [0.05, 0.1) is 29.9 Å². The summed E-state index contributed by atoms with van der Waals surface area (Å²) in [7, 11) is 0. The molecule has 7 nitrogen and oxygen atoms in total. The fraction of sp³-hybridized carbons (Fsp3) is 0.0800. The summed E-state index contributed by atoms with van der Waals surface area (Å²) in [6, 6.07) is 25.8. The van der Waals surface area contributed by atoms with Crippen LogP contribution in [0.15, 0.2) is 84.9 Å². The smallest absolute Gasteiger partial charge is 0.335 e. The van der Waals surface area contributed by atoms with Gasteiger partial charge in [0, 0.05) is 16.7 Å². The third kappa shape index (κ3) is 4.43. The zero-order valence-corrected chi connectivity index (χ0v) is 17.1. The highest BCUT2D eigenvalue weighted by Gasteiger charge is 2.22. The first-order chi connectivity index (χ1) is 15.6. The molecule has 3 N–H and O–H groups in total. The predicted molar refractivity (Wildman–Crippen MR) is 119 cm³/mol. The highest BCUT2D eigenvalue weighted by molar-refractivity contribution is 5.87. The normalized spacial score (nSPS) is 10.7. The van der Waals surface area contributed by atoms with Crippen LogP contribution in [0.3, 0.4) is 0 Å². The van der Waals surface area contributed by atoms with Crippen molar-refractivity contribution in [1.82, 2.24) is 15.3 Å². The molecule has 1 aromatic heterocycles. The fourth-order valence-corrected chi connectivity index (χ4v) is 3.65. The molecule has 160 valence electrons. The first-order valence-corrected chi connectivity index (χ1v) is 10.0. The Balaban J connectivity index is 1.87. The highest BCUT2D eigenvalue weighted by Crippen LogP contribution is 2.33. The van der Waals surface area contributed by atoms with Crippen molar-refractivity contribution in [2.24, 2.45) is 0 Å². The van der Waals surface area contributed by atoms with E-state index >= 15 is 0 Å². The molecular formula is C25H21N3O4. The molecule has 0 radical (unpaired) electrons. The molecule has 0 atom stereocenters. The number of nitrogens with one attached hydrogen (secondary N) is 1. The third-order valence-corrected chi connectivity index (χ3v) is 5.14. The second-order valence-electron chi connectivity index (χ2n) is 7.28. The van der Waals surface area contributed by atoms with E-state index in [-0.39, 0.29) is 12.0 Å². The largest absolute Gasteiger partial charge is 0.478 e. The van der Waals surface area contributed by atoms with Crippen LogP contribution in [-0.2, 0) is 17.8 Å². The molecule has 0 saturated carbocycles. The van der Waals surface area contributed by atoms with Gasteiger partial charge in [-0.25, -0.2) is 10.3 Å². The van der Waals surface area contributed by atoms with Gasteiger partial charge in [-0.1, -0.05) is 72.8 Å². The Hall–Kier alpha value is -4.23. The number of benzene rings is 3. The summed E-state index contributed by atoms with van der Waals surface area (Å²) in [5.74, 6) is -1.52. The molecule has 7 heteroatoms. The lowest BCUT2D eigenvalue weighted by Gasteiger charge is -2.10. The molecule has 0 spiro atoms. The molecule has 0 unspecified atom stereocenters. The molecule has 0 bridgehead atoms. The summed E-state index contributed by atoms with van der Waals surface area (Å²) in [4.78, 5) is 23.3. The van der Waals surface area contributed by atoms with E-state index in [0.717, 1.165) is 22.4 Å². The quantitative estimate of drug-likeness (QED) is 0.305. The molecule has 4 aromatic rings. The second kappa shape index (κ2) is 9.28. The van der Waals surface area contributed by atoms with E-state index in [4.69, 9.17) is 15.4 Å². The maximum absolute atomic E-state index is 12.2. The molecule has 3 aromatic carbocycles. The van der Waals surface area contributed by atoms with Crippen LogP contribution in [-0.4, -0.2) is 32.0 Å². The lowest BCUT2D eigenvalue weighted by atomic mass is 9.99. The Kier molecular flexibility index (Phi) is 6.10. The van der Waals surface area contributed by atoms with E-state index in [0.29, 0.717) is 17.8 Å². The van der Waals surface area contributed by atoms with Crippen LogP contribution < -0.4 is 5.48 Å². The van der Waals surface area contributed by atoms with Crippen molar-refractivity contribution in [3.63, 3.8) is 0 Å². The lowest BCUT2D eigenvalue weighted by molar-refractivity contribution is -0.128. The van der Waals surface area contributed by atoms with Crippen LogP contribution in [0, 0.1) is 0 Å². The number of rotatable bonds is 7. The van der Waals surface area contributed by atoms with Gasteiger partial charge in [-0.2, -0.15) is 5.10 Å². The minimum Gasteiger partial charge on any atom is -0.478 e. The molecule has 0 aliphatic heterocycles. The van der Waals surface area contributed by atoms with Crippen molar-refractivity contribution in [3.05, 3.63) is 102 Å². The van der Waals surface area contributed by atoms with E-state index in [2.05, 4.69) is 0 Å². The van der Waals surface area contributed by atoms with Gasteiger partial charge in [-0.05, 0) is 17.7 Å². The van der Waals surface area contributed by atoms with Gasteiger partial charge in [0.2, 0.25) is 5.91 Å². The van der Waals surface area contributed by atoms with E-state index in [1.165, 1.54) is 0 Å². The molecule has 1 heterocycles. The Morgan fingerprint density at radius 1 is 0.844 bits per heavy atom. The number of aromatic nitrogens is 2. The van der Waals surface area contributed by atoms with Crippen LogP contribution in [0.2, 0.25) is 0 Å². The number of carbonyl (C=O) groups is 2. The average Bonchev–Trinajstić information content (AvgIpc) is 3.17. The molecule has 0 aliphatic rings. The van der Waals surface area contributed by atoms with Crippen molar-refractivity contribution in [2.45, 2.75) is 13.0 Å². The van der Waals surface area contributed by atoms with Gasteiger partial charge in [-0.15, -0.1) is 0 Å². The Labute approximate surface area is 184 Å². The SMILES string of the molecule is O=C(Cc1c(-c2ccccc2)nn(Cc2ccc(C(=O)O)cc2)c1-c1ccccc1)NO. The minimum atomic E-state index is -0.982. The van der Waals surface area contributed by atoms with Gasteiger partial charge in [0.1, 0.15) is 0 Å². The maximum Gasteiger partial charge on any atom is 0.335 e. The molecule has 0 aliphatic carbocycles. The number of hydrogen-bond donors (Lipinski definition) is 3. The van der Waals surface area contributed by atoms with Crippen LogP contribution in [0.5, 0.6) is 0 Å². The summed E-state index contributed by atoms with van der Waals surface area (Å²) >= 11 is 0. The molecule has 1 amide bonds. The monoisotopic (exact) mass is 427 g/mol. The van der Waals surface area contributed by atoms with Crippen molar-refractivity contribution < 1.29 is 19.9 Å². The zero-order chi connectivity index (χ0) is 22.5. The van der Waals surface area contributed by atoms with Crippen molar-refractivity contribution in [1.29, 1.82) is 0 Å². The lowest BCUT2D eigenvalue weighted by Crippen LogP contribution is -2.21. The number of hydroxylamine groups is 1. The van der Waals surface area contributed by atoms with Gasteiger partial charge in [0.25, 0.3) is 0 Å². The number of nitrogens with zero attached hydrogens (tertiary/aromatic N) is 2. The zero-order valence-electron chi connectivity index (χ0n) is 17.1. The van der Waals surface area contributed by atoms with Gasteiger partial charge >= 0.3 is 5.97 Å². The summed E-state index contributed by atoms with van der Waals surface area (Å²) in [6.07, 6.45) is -0.0527. The first-order valence-electron chi connectivity index (χ1n) is 10.0. The summed E-state index contributed by atoms with van der Waals surface area (Å²) in [5, 5.41) is 23.1. The molecular weight excluding hydrogens is 406 g/mol. The summed E-state index contributed by atoms with van der Waals surface area (Å²) < 4.78 is 1.81. The number of aromatic carboxylic acids is 1. The van der Waals surface area contributed by atoms with Gasteiger partial charge in [0.15, 0.2) is 0 Å². The van der Waals surface area contributed by atoms with E-state index < -0.39 is 11.9 Å². The topological polar surface area (TPSA) is 104 Å². The second-order valence-corrected chi connectivity index (χ2v) is 7.28. The predicted octanol–water partition coefficient (Wildman–Crippen LogP) is 4.01. The minimum absolute atomic E-state index is 0.0527. The highest BCUT2D eigenvalue weighted by atomic mass is 16.5. The molecule has 4 rings (SSSR count). The number of hydrogen-bond acceptors (Lipinski definition) is 4. The van der Waals surface area contributed by atoms with Crippen LogP contribution in [0.25, 0.3) is 22.5 Å². The molecule has 0 saturated heterocycles. The first kappa shape index (κ1) is 21.0. The number of carboxylic acid groups (broad SMARTS) is 1. The third-order valence-electron chi connectivity index (χ3n) is 5.14. The summed E-state index contributed by atoms with van der Waals surface area (Å²) in [5.41, 5.74) is 6.62. The van der Waals surface area contributed by atoms with Gasteiger partial charge < -0.3 is 5.11 Å². The average molecular weight is 427 g/mol. The Morgan fingerprint density at radius 2 is 1.44 bits per heavy atom. The Morgan fingerprint density at radius 3 is 2.00 bits per heavy atom. The van der Waals surface area contributed by atoms with Crippen molar-refractivity contribution in [2.75, 3.05) is 0 Å². The van der Waals surface area contributed by atoms with E-state index in [9.17, 15) is 9.59 Å². The fourth-order valence-electron chi connectivity index (χ4n) is 3.65. The number of carbonyl (C=O) groups excluding carboxylic acids is 1.